The van der Waals surface area contributed by atoms with E-state index in [1.54, 1.807) is 27.8 Å². The molecule has 114 valence electrons. The van der Waals surface area contributed by atoms with Crippen molar-refractivity contribution in [3.63, 3.8) is 0 Å². The van der Waals surface area contributed by atoms with Gasteiger partial charge in [0.25, 0.3) is 0 Å². The van der Waals surface area contributed by atoms with Crippen LogP contribution in [0.4, 0.5) is 4.79 Å². The molecule has 0 saturated carbocycles. The van der Waals surface area contributed by atoms with Gasteiger partial charge in [0.2, 0.25) is 0 Å². The van der Waals surface area contributed by atoms with Crippen LogP contribution >= 0.6 is 12.4 Å². The molecule has 1 amide bonds. The van der Waals surface area contributed by atoms with Crippen molar-refractivity contribution in [1.82, 2.24) is 10.6 Å². The number of carbonyl (C=O) groups is 2. The lowest BCUT2D eigenvalue weighted by atomic mass is 10.1. The average molecular weight is 297 g/mol. The number of halogens is 1. The Morgan fingerprint density at radius 1 is 1.26 bits per heavy atom. The maximum atomic E-state index is 11.3. The Bertz CT molecular complexity index is 279. The maximum absolute atomic E-state index is 11.3. The molecule has 0 spiro atoms. The standard InChI is InChI=1S/C12H24N2O4.ClH/c1-12(2,3)18-11(16)14-8-6-7-9(13-4)10(15)17-5;/h9,13H,6-8H2,1-5H3,(H,14,16);1H/t9-;/m1./s1. The van der Waals surface area contributed by atoms with E-state index in [9.17, 15) is 9.59 Å². The van der Waals surface area contributed by atoms with Crippen LogP contribution in [0.1, 0.15) is 33.6 Å². The summed E-state index contributed by atoms with van der Waals surface area (Å²) in [5.74, 6) is -0.297. The number of ether oxygens (including phenoxy) is 2. The topological polar surface area (TPSA) is 76.7 Å². The maximum Gasteiger partial charge on any atom is 0.407 e. The second-order valence-corrected chi connectivity index (χ2v) is 4.94. The molecule has 0 rings (SSSR count). The van der Waals surface area contributed by atoms with Crippen molar-refractivity contribution < 1.29 is 19.1 Å². The zero-order valence-electron chi connectivity index (χ0n) is 12.2. The van der Waals surface area contributed by atoms with E-state index in [1.807, 2.05) is 0 Å². The summed E-state index contributed by atoms with van der Waals surface area (Å²) < 4.78 is 9.72. The van der Waals surface area contributed by atoms with Crippen LogP contribution < -0.4 is 10.6 Å². The van der Waals surface area contributed by atoms with Crippen molar-refractivity contribution in [2.24, 2.45) is 0 Å². The molecule has 0 aliphatic rings. The minimum absolute atomic E-state index is 0. The predicted octanol–water partition coefficient (Wildman–Crippen LogP) is 1.47. The molecule has 6 nitrogen and oxygen atoms in total. The van der Waals surface area contributed by atoms with E-state index in [0.29, 0.717) is 19.4 Å². The highest BCUT2D eigenvalue weighted by Gasteiger charge is 2.17. The van der Waals surface area contributed by atoms with Crippen molar-refractivity contribution in [3.8, 4) is 0 Å². The van der Waals surface area contributed by atoms with E-state index in [1.165, 1.54) is 7.11 Å². The largest absolute Gasteiger partial charge is 0.468 e. The third-order valence-corrected chi connectivity index (χ3v) is 2.17. The van der Waals surface area contributed by atoms with Crippen molar-refractivity contribution in [1.29, 1.82) is 0 Å². The Kier molecular flexibility index (Phi) is 10.5. The summed E-state index contributed by atoms with van der Waals surface area (Å²) >= 11 is 0. The molecule has 0 fully saturated rings. The Labute approximate surface area is 121 Å². The lowest BCUT2D eigenvalue weighted by Gasteiger charge is -2.20. The molecule has 0 aromatic carbocycles. The van der Waals surface area contributed by atoms with Gasteiger partial charge in [0.1, 0.15) is 11.6 Å². The van der Waals surface area contributed by atoms with Gasteiger partial charge in [-0.25, -0.2) is 4.79 Å². The number of likely N-dealkylation sites (N-methyl/N-ethyl adjacent to an activating group) is 1. The van der Waals surface area contributed by atoms with E-state index in [2.05, 4.69) is 15.4 Å². The molecule has 1 atom stereocenters. The summed E-state index contributed by atoms with van der Waals surface area (Å²) in [4.78, 5) is 22.6. The average Bonchev–Trinajstić information content (AvgIpc) is 2.26. The first kappa shape index (κ1) is 20.3. The summed E-state index contributed by atoms with van der Waals surface area (Å²) in [5, 5.41) is 5.50. The summed E-state index contributed by atoms with van der Waals surface area (Å²) in [6, 6.07) is -0.338. The Hall–Kier alpha value is -1.01. The molecular weight excluding hydrogens is 272 g/mol. The monoisotopic (exact) mass is 296 g/mol. The predicted molar refractivity (Wildman–Crippen MR) is 75.6 cm³/mol. The Balaban J connectivity index is 0. The molecule has 0 aliphatic heterocycles. The first-order chi connectivity index (χ1) is 8.30. The number of amides is 1. The lowest BCUT2D eigenvalue weighted by Crippen LogP contribution is -2.37. The first-order valence-corrected chi connectivity index (χ1v) is 6.02. The smallest absolute Gasteiger partial charge is 0.407 e. The second kappa shape index (κ2) is 9.86. The zero-order valence-corrected chi connectivity index (χ0v) is 13.1. The summed E-state index contributed by atoms with van der Waals surface area (Å²) in [7, 11) is 3.05. The first-order valence-electron chi connectivity index (χ1n) is 6.02. The fourth-order valence-electron chi connectivity index (χ4n) is 1.33. The van der Waals surface area contributed by atoms with Crippen LogP contribution in [0.5, 0.6) is 0 Å². The van der Waals surface area contributed by atoms with Gasteiger partial charge in [0.05, 0.1) is 7.11 Å². The molecule has 0 saturated heterocycles. The van der Waals surface area contributed by atoms with Crippen LogP contribution in [-0.2, 0) is 14.3 Å². The molecule has 0 bridgehead atoms. The van der Waals surface area contributed by atoms with Crippen LogP contribution in [-0.4, -0.2) is 44.4 Å². The molecule has 0 aromatic heterocycles. The molecule has 7 heteroatoms. The van der Waals surface area contributed by atoms with Gasteiger partial charge in [0, 0.05) is 6.54 Å². The molecule has 19 heavy (non-hydrogen) atoms. The number of alkyl carbamates (subject to hydrolysis) is 1. The van der Waals surface area contributed by atoms with Crippen molar-refractivity contribution >= 4 is 24.5 Å². The fraction of sp³-hybridized carbons (Fsp3) is 0.833. The van der Waals surface area contributed by atoms with Gasteiger partial charge < -0.3 is 20.1 Å². The van der Waals surface area contributed by atoms with Crippen LogP contribution in [0.3, 0.4) is 0 Å². The quantitative estimate of drug-likeness (QED) is 0.573. The second-order valence-electron chi connectivity index (χ2n) is 4.94. The number of methoxy groups -OCH3 is 1. The molecule has 0 aromatic rings. The minimum atomic E-state index is -0.496. The van der Waals surface area contributed by atoms with Gasteiger partial charge >= 0.3 is 12.1 Å². The SMILES string of the molecule is CN[C@H](CCCNC(=O)OC(C)(C)C)C(=O)OC.Cl. The van der Waals surface area contributed by atoms with E-state index in [-0.39, 0.29) is 24.4 Å². The summed E-state index contributed by atoms with van der Waals surface area (Å²) in [6.07, 6.45) is 0.820. The van der Waals surface area contributed by atoms with E-state index in [0.717, 1.165) is 0 Å². The highest BCUT2D eigenvalue weighted by atomic mass is 35.5. The highest BCUT2D eigenvalue weighted by molar-refractivity contribution is 5.85. The molecule has 0 radical (unpaired) electrons. The molecular formula is C12H25ClN2O4. The van der Waals surface area contributed by atoms with Crippen molar-refractivity contribution in [2.45, 2.75) is 45.3 Å². The minimum Gasteiger partial charge on any atom is -0.468 e. The molecule has 2 N–H and O–H groups in total. The van der Waals surface area contributed by atoms with Crippen LogP contribution in [0, 0.1) is 0 Å². The number of rotatable bonds is 6. The van der Waals surface area contributed by atoms with E-state index < -0.39 is 11.7 Å². The van der Waals surface area contributed by atoms with Gasteiger partial charge in [-0.3, -0.25) is 4.79 Å². The number of nitrogens with one attached hydrogen (secondary N) is 2. The van der Waals surface area contributed by atoms with E-state index >= 15 is 0 Å². The number of hydrogen-bond donors (Lipinski definition) is 2. The summed E-state index contributed by atoms with van der Waals surface area (Å²) in [6.45, 7) is 5.88. The number of carbonyl (C=O) groups excluding carboxylic acids is 2. The van der Waals surface area contributed by atoms with Crippen LogP contribution in [0.15, 0.2) is 0 Å². The fourth-order valence-corrected chi connectivity index (χ4v) is 1.33. The molecule has 0 unspecified atom stereocenters. The van der Waals surface area contributed by atoms with Gasteiger partial charge in [0.15, 0.2) is 0 Å². The van der Waals surface area contributed by atoms with Crippen LogP contribution in [0.25, 0.3) is 0 Å². The summed E-state index contributed by atoms with van der Waals surface area (Å²) in [5.41, 5.74) is -0.496. The van der Waals surface area contributed by atoms with Gasteiger partial charge in [-0.15, -0.1) is 12.4 Å². The van der Waals surface area contributed by atoms with Crippen LogP contribution in [0.2, 0.25) is 0 Å². The van der Waals surface area contributed by atoms with E-state index in [4.69, 9.17) is 4.74 Å². The van der Waals surface area contributed by atoms with Crippen molar-refractivity contribution in [2.75, 3.05) is 20.7 Å². The number of hydrogen-bond acceptors (Lipinski definition) is 5. The highest BCUT2D eigenvalue weighted by Crippen LogP contribution is 2.06. The third-order valence-electron chi connectivity index (χ3n) is 2.17. The van der Waals surface area contributed by atoms with Gasteiger partial charge in [-0.05, 0) is 40.7 Å². The zero-order chi connectivity index (χ0) is 14.2. The Morgan fingerprint density at radius 3 is 2.26 bits per heavy atom. The lowest BCUT2D eigenvalue weighted by molar-refractivity contribution is -0.143. The normalized spacial score (nSPS) is 12.1. The Morgan fingerprint density at radius 2 is 1.84 bits per heavy atom. The molecule has 0 aliphatic carbocycles. The van der Waals surface area contributed by atoms with Gasteiger partial charge in [-0.2, -0.15) is 0 Å². The number of esters is 1. The molecule has 0 heterocycles. The van der Waals surface area contributed by atoms with Crippen molar-refractivity contribution in [3.05, 3.63) is 0 Å². The third kappa shape index (κ3) is 10.6. The van der Waals surface area contributed by atoms with Gasteiger partial charge in [-0.1, -0.05) is 0 Å².